The van der Waals surface area contributed by atoms with E-state index in [-0.39, 0.29) is 6.04 Å². The summed E-state index contributed by atoms with van der Waals surface area (Å²) in [4.78, 5) is 11.0. The molecule has 1 unspecified atom stereocenters. The van der Waals surface area contributed by atoms with Crippen LogP contribution in [-0.2, 0) is 4.79 Å². The van der Waals surface area contributed by atoms with Gasteiger partial charge >= 0.3 is 0 Å². The topological polar surface area (TPSA) is 29.1 Å². The number of amides is 1. The fourth-order valence-corrected chi connectivity index (χ4v) is 0.792. The van der Waals surface area contributed by atoms with Crippen LogP contribution in [0.2, 0.25) is 0 Å². The number of carbonyl (C=O) groups excluding carboxylic acids is 1. The molecular formula is C8H14FNO. The molecule has 1 amide bonds. The van der Waals surface area contributed by atoms with E-state index >= 15 is 0 Å². The summed E-state index contributed by atoms with van der Waals surface area (Å²) in [5.41, 5.74) is -1.51. The highest BCUT2D eigenvalue weighted by Crippen LogP contribution is 2.39. The first-order chi connectivity index (χ1) is 5.08. The molecule has 1 saturated carbocycles. The quantitative estimate of drug-likeness (QED) is 0.662. The van der Waals surface area contributed by atoms with Crippen LogP contribution in [0.3, 0.4) is 0 Å². The normalized spacial score (nSPS) is 22.5. The summed E-state index contributed by atoms with van der Waals surface area (Å²) >= 11 is 0. The van der Waals surface area contributed by atoms with E-state index < -0.39 is 11.6 Å². The number of carbonyl (C=O) groups is 1. The molecule has 1 N–H and O–H groups in total. The Morgan fingerprint density at radius 2 is 2.27 bits per heavy atom. The highest BCUT2D eigenvalue weighted by molar-refractivity contribution is 5.88. The minimum atomic E-state index is -1.51. The molecule has 0 aliphatic heterocycles. The minimum Gasteiger partial charge on any atom is -0.351 e. The van der Waals surface area contributed by atoms with Crippen molar-refractivity contribution in [1.82, 2.24) is 5.32 Å². The molecule has 0 aromatic rings. The molecule has 0 aromatic carbocycles. The first-order valence-corrected chi connectivity index (χ1v) is 4.08. The summed E-state index contributed by atoms with van der Waals surface area (Å²) in [6.45, 7) is 3.84. The van der Waals surface area contributed by atoms with Gasteiger partial charge in [0.25, 0.3) is 5.91 Å². The summed E-state index contributed by atoms with van der Waals surface area (Å²) in [6, 6.07) is 0.0933. The van der Waals surface area contributed by atoms with E-state index in [0.717, 1.165) is 6.42 Å². The molecule has 0 aromatic heterocycles. The van der Waals surface area contributed by atoms with Gasteiger partial charge in [0, 0.05) is 6.04 Å². The standard InChI is InChI=1S/C8H14FNO/c1-3-6(2)10-7(11)8(9)4-5-8/h6H,3-5H2,1-2H3,(H,10,11). The van der Waals surface area contributed by atoms with Gasteiger partial charge in [0.2, 0.25) is 0 Å². The molecule has 0 heterocycles. The lowest BCUT2D eigenvalue weighted by molar-refractivity contribution is -0.128. The van der Waals surface area contributed by atoms with Gasteiger partial charge in [-0.25, -0.2) is 4.39 Å². The minimum absolute atomic E-state index is 0.0933. The maximum atomic E-state index is 13.0. The Kier molecular flexibility index (Phi) is 2.16. The first-order valence-electron chi connectivity index (χ1n) is 4.08. The smallest absolute Gasteiger partial charge is 0.257 e. The molecule has 64 valence electrons. The maximum Gasteiger partial charge on any atom is 0.257 e. The lowest BCUT2D eigenvalue weighted by Crippen LogP contribution is -2.39. The highest BCUT2D eigenvalue weighted by Gasteiger charge is 2.50. The molecule has 1 rings (SSSR count). The van der Waals surface area contributed by atoms with E-state index in [9.17, 15) is 9.18 Å². The van der Waals surface area contributed by atoms with Crippen LogP contribution in [0.25, 0.3) is 0 Å². The van der Waals surface area contributed by atoms with E-state index in [1.54, 1.807) is 0 Å². The number of alkyl halides is 1. The number of halogens is 1. The second kappa shape index (κ2) is 2.80. The lowest BCUT2D eigenvalue weighted by atomic mass is 10.2. The van der Waals surface area contributed by atoms with Crippen LogP contribution in [0.1, 0.15) is 33.1 Å². The molecule has 0 bridgehead atoms. The van der Waals surface area contributed by atoms with Gasteiger partial charge in [0.1, 0.15) is 0 Å². The van der Waals surface area contributed by atoms with Gasteiger partial charge in [0.15, 0.2) is 5.67 Å². The summed E-state index contributed by atoms with van der Waals surface area (Å²) in [6.07, 6.45) is 1.65. The fourth-order valence-electron chi connectivity index (χ4n) is 0.792. The molecular weight excluding hydrogens is 145 g/mol. The van der Waals surface area contributed by atoms with Crippen molar-refractivity contribution in [2.24, 2.45) is 0 Å². The summed E-state index contributed by atoms with van der Waals surface area (Å²) < 4.78 is 13.0. The predicted molar refractivity (Wildman–Crippen MR) is 41.0 cm³/mol. The Labute approximate surface area is 66.2 Å². The Morgan fingerprint density at radius 1 is 1.73 bits per heavy atom. The van der Waals surface area contributed by atoms with Crippen molar-refractivity contribution in [1.29, 1.82) is 0 Å². The predicted octanol–water partition coefficient (Wildman–Crippen LogP) is 1.40. The lowest BCUT2D eigenvalue weighted by Gasteiger charge is -2.12. The van der Waals surface area contributed by atoms with Gasteiger partial charge in [-0.1, -0.05) is 6.92 Å². The van der Waals surface area contributed by atoms with Gasteiger partial charge in [-0.3, -0.25) is 4.79 Å². The largest absolute Gasteiger partial charge is 0.351 e. The molecule has 0 radical (unpaired) electrons. The van der Waals surface area contributed by atoms with Gasteiger partial charge in [-0.15, -0.1) is 0 Å². The van der Waals surface area contributed by atoms with Crippen molar-refractivity contribution in [3.63, 3.8) is 0 Å². The van der Waals surface area contributed by atoms with Crippen LogP contribution in [-0.4, -0.2) is 17.6 Å². The number of rotatable bonds is 3. The van der Waals surface area contributed by atoms with Crippen LogP contribution in [0.4, 0.5) is 4.39 Å². The maximum absolute atomic E-state index is 13.0. The van der Waals surface area contributed by atoms with Crippen LogP contribution in [0.15, 0.2) is 0 Å². The summed E-state index contributed by atoms with van der Waals surface area (Å²) in [5, 5.41) is 2.62. The molecule has 1 aliphatic rings. The average Bonchev–Trinajstić information content (AvgIpc) is 2.69. The molecule has 1 fully saturated rings. The van der Waals surface area contributed by atoms with Crippen molar-refractivity contribution < 1.29 is 9.18 Å². The fraction of sp³-hybridized carbons (Fsp3) is 0.875. The zero-order valence-corrected chi connectivity index (χ0v) is 6.98. The second-order valence-electron chi connectivity index (χ2n) is 3.25. The molecule has 11 heavy (non-hydrogen) atoms. The van der Waals surface area contributed by atoms with Crippen molar-refractivity contribution in [2.45, 2.75) is 44.8 Å². The summed E-state index contributed by atoms with van der Waals surface area (Å²) in [7, 11) is 0. The third-order valence-corrected chi connectivity index (χ3v) is 2.09. The molecule has 0 spiro atoms. The molecule has 3 heteroatoms. The number of hydrogen-bond acceptors (Lipinski definition) is 1. The zero-order valence-electron chi connectivity index (χ0n) is 6.98. The van der Waals surface area contributed by atoms with E-state index in [0.29, 0.717) is 12.8 Å². The van der Waals surface area contributed by atoms with Gasteiger partial charge in [0.05, 0.1) is 0 Å². The van der Waals surface area contributed by atoms with Crippen molar-refractivity contribution >= 4 is 5.91 Å². The molecule has 2 nitrogen and oxygen atoms in total. The van der Waals surface area contributed by atoms with Crippen LogP contribution in [0.5, 0.6) is 0 Å². The zero-order chi connectivity index (χ0) is 8.48. The SMILES string of the molecule is CCC(C)NC(=O)C1(F)CC1. The number of nitrogens with one attached hydrogen (secondary N) is 1. The van der Waals surface area contributed by atoms with E-state index in [1.807, 2.05) is 13.8 Å². The van der Waals surface area contributed by atoms with E-state index in [4.69, 9.17) is 0 Å². The van der Waals surface area contributed by atoms with Gasteiger partial charge in [-0.05, 0) is 26.2 Å². The van der Waals surface area contributed by atoms with Gasteiger partial charge in [-0.2, -0.15) is 0 Å². The Balaban J connectivity index is 2.32. The average molecular weight is 159 g/mol. The van der Waals surface area contributed by atoms with Crippen LogP contribution < -0.4 is 5.32 Å². The number of hydrogen-bond donors (Lipinski definition) is 1. The monoisotopic (exact) mass is 159 g/mol. The Bertz CT molecular complexity index is 165. The molecule has 1 aliphatic carbocycles. The second-order valence-corrected chi connectivity index (χ2v) is 3.25. The Hall–Kier alpha value is -0.600. The highest BCUT2D eigenvalue weighted by atomic mass is 19.1. The molecule has 0 saturated heterocycles. The van der Waals surface area contributed by atoms with Crippen LogP contribution in [0, 0.1) is 0 Å². The third-order valence-electron chi connectivity index (χ3n) is 2.09. The van der Waals surface area contributed by atoms with Gasteiger partial charge < -0.3 is 5.32 Å². The Morgan fingerprint density at radius 3 is 2.64 bits per heavy atom. The first kappa shape index (κ1) is 8.50. The van der Waals surface area contributed by atoms with E-state index in [2.05, 4.69) is 5.32 Å². The summed E-state index contributed by atoms with van der Waals surface area (Å²) in [5.74, 6) is -0.424. The third kappa shape index (κ3) is 1.91. The van der Waals surface area contributed by atoms with Crippen molar-refractivity contribution in [2.75, 3.05) is 0 Å². The van der Waals surface area contributed by atoms with Crippen molar-refractivity contribution in [3.8, 4) is 0 Å². The molecule has 1 atom stereocenters. The van der Waals surface area contributed by atoms with Crippen molar-refractivity contribution in [3.05, 3.63) is 0 Å². The van der Waals surface area contributed by atoms with E-state index in [1.165, 1.54) is 0 Å². The van der Waals surface area contributed by atoms with Crippen LogP contribution >= 0.6 is 0 Å².